The number of hydrogen-bond donors (Lipinski definition) is 2. The second kappa shape index (κ2) is 8.67. The molecule has 3 rings (SSSR count). The molecule has 2 aromatic heterocycles. The van der Waals surface area contributed by atoms with E-state index in [0.29, 0.717) is 24.6 Å². The smallest absolute Gasteiger partial charge is 0.326 e. The van der Waals surface area contributed by atoms with Gasteiger partial charge in [0, 0.05) is 10.9 Å². The summed E-state index contributed by atoms with van der Waals surface area (Å²) in [6.45, 7) is 4.63. The first-order valence-electron chi connectivity index (χ1n) is 9.32. The van der Waals surface area contributed by atoms with Gasteiger partial charge in [0.25, 0.3) is 0 Å². The third-order valence-electron chi connectivity index (χ3n) is 4.34. The molecule has 28 heavy (non-hydrogen) atoms. The maximum Gasteiger partial charge on any atom is 0.326 e. The molecular formula is C21H26N4O2S. The Balaban J connectivity index is 2.13. The van der Waals surface area contributed by atoms with Crippen LogP contribution in [0.1, 0.15) is 26.1 Å². The second-order valence-electron chi connectivity index (χ2n) is 7.59. The molecule has 0 bridgehead atoms. The van der Waals surface area contributed by atoms with Crippen molar-refractivity contribution >= 4 is 33.3 Å². The van der Waals surface area contributed by atoms with Crippen LogP contribution in [0.2, 0.25) is 0 Å². The van der Waals surface area contributed by atoms with E-state index in [1.54, 1.807) is 11.3 Å². The van der Waals surface area contributed by atoms with Crippen molar-refractivity contribution in [1.29, 1.82) is 0 Å². The van der Waals surface area contributed by atoms with Crippen LogP contribution in [-0.4, -0.2) is 46.1 Å². The van der Waals surface area contributed by atoms with Crippen molar-refractivity contribution in [3.05, 3.63) is 41.5 Å². The summed E-state index contributed by atoms with van der Waals surface area (Å²) in [6.07, 6.45) is 0.522. The van der Waals surface area contributed by atoms with Gasteiger partial charge in [0.05, 0.1) is 11.9 Å². The fourth-order valence-corrected chi connectivity index (χ4v) is 4.10. The molecule has 0 saturated heterocycles. The quantitative estimate of drug-likeness (QED) is 0.588. The summed E-state index contributed by atoms with van der Waals surface area (Å²) in [5, 5.41) is 15.8. The predicted molar refractivity (Wildman–Crippen MR) is 115 cm³/mol. The van der Waals surface area contributed by atoms with E-state index in [1.807, 2.05) is 63.2 Å². The minimum absolute atomic E-state index is 0.253. The van der Waals surface area contributed by atoms with Gasteiger partial charge in [-0.15, -0.1) is 11.3 Å². The molecule has 0 aliphatic rings. The number of carbonyl (C=O) groups is 1. The minimum Gasteiger partial charge on any atom is -0.480 e. The summed E-state index contributed by atoms with van der Waals surface area (Å²) in [5.74, 6) is 0.652. The Morgan fingerprint density at radius 1 is 1.21 bits per heavy atom. The molecule has 0 amide bonds. The third kappa shape index (κ3) is 4.66. The number of nitrogens with zero attached hydrogens (tertiary/aromatic N) is 3. The van der Waals surface area contributed by atoms with Crippen LogP contribution in [-0.2, 0) is 11.3 Å². The van der Waals surface area contributed by atoms with Crippen LogP contribution < -0.4 is 5.32 Å². The Bertz CT molecular complexity index is 954. The molecule has 0 fully saturated rings. The molecule has 0 spiro atoms. The SMILES string of the molecule is CC(C)C[C@@H](Nc1nc(CN(C)C)nc2scc(-c3ccccc3)c12)C(=O)O. The lowest BCUT2D eigenvalue weighted by Crippen LogP contribution is -2.31. The number of aromatic nitrogens is 2. The molecule has 1 aromatic carbocycles. The molecule has 0 aliphatic heterocycles. The Hall–Kier alpha value is -2.51. The van der Waals surface area contributed by atoms with E-state index < -0.39 is 12.0 Å². The molecule has 6 nitrogen and oxygen atoms in total. The van der Waals surface area contributed by atoms with Crippen molar-refractivity contribution in [3.8, 4) is 11.1 Å². The third-order valence-corrected chi connectivity index (χ3v) is 5.21. The van der Waals surface area contributed by atoms with Gasteiger partial charge in [0.1, 0.15) is 22.5 Å². The first-order valence-corrected chi connectivity index (χ1v) is 10.2. The highest BCUT2D eigenvalue weighted by molar-refractivity contribution is 7.17. The molecule has 7 heteroatoms. The number of benzene rings is 1. The molecule has 2 heterocycles. The van der Waals surface area contributed by atoms with Crippen LogP contribution in [0.4, 0.5) is 5.82 Å². The van der Waals surface area contributed by atoms with E-state index in [4.69, 9.17) is 9.97 Å². The average molecular weight is 399 g/mol. The fourth-order valence-electron chi connectivity index (χ4n) is 3.13. The highest BCUT2D eigenvalue weighted by Crippen LogP contribution is 2.37. The van der Waals surface area contributed by atoms with Crippen molar-refractivity contribution in [1.82, 2.24) is 14.9 Å². The van der Waals surface area contributed by atoms with E-state index in [0.717, 1.165) is 21.3 Å². The van der Waals surface area contributed by atoms with Gasteiger partial charge in [0.2, 0.25) is 0 Å². The number of hydrogen-bond acceptors (Lipinski definition) is 6. The van der Waals surface area contributed by atoms with Crippen molar-refractivity contribution < 1.29 is 9.90 Å². The van der Waals surface area contributed by atoms with E-state index in [1.165, 1.54) is 0 Å². The fraction of sp³-hybridized carbons (Fsp3) is 0.381. The predicted octanol–water partition coefficient (Wildman–Crippen LogP) is 4.33. The van der Waals surface area contributed by atoms with E-state index in [-0.39, 0.29) is 5.92 Å². The molecule has 0 saturated carbocycles. The van der Waals surface area contributed by atoms with Gasteiger partial charge in [-0.05, 0) is 32.0 Å². The highest BCUT2D eigenvalue weighted by Gasteiger charge is 2.23. The van der Waals surface area contributed by atoms with Gasteiger partial charge < -0.3 is 15.3 Å². The average Bonchev–Trinajstić information content (AvgIpc) is 3.05. The second-order valence-corrected chi connectivity index (χ2v) is 8.44. The van der Waals surface area contributed by atoms with E-state index in [2.05, 4.69) is 10.7 Å². The van der Waals surface area contributed by atoms with Crippen LogP contribution >= 0.6 is 11.3 Å². The monoisotopic (exact) mass is 398 g/mol. The number of carboxylic acid groups (broad SMARTS) is 1. The molecule has 2 N–H and O–H groups in total. The summed E-state index contributed by atoms with van der Waals surface area (Å²) in [7, 11) is 3.92. The number of thiophene rings is 1. The van der Waals surface area contributed by atoms with Crippen LogP contribution in [0, 0.1) is 5.92 Å². The number of carboxylic acids is 1. The minimum atomic E-state index is -0.869. The lowest BCUT2D eigenvalue weighted by Gasteiger charge is -2.19. The first kappa shape index (κ1) is 20.2. The van der Waals surface area contributed by atoms with Crippen LogP contribution in [0.5, 0.6) is 0 Å². The maximum atomic E-state index is 11.8. The number of aliphatic carboxylic acids is 1. The number of rotatable bonds is 8. The number of anilines is 1. The summed E-state index contributed by atoms with van der Waals surface area (Å²) in [4.78, 5) is 24.1. The van der Waals surface area contributed by atoms with Crippen molar-refractivity contribution in [3.63, 3.8) is 0 Å². The van der Waals surface area contributed by atoms with Gasteiger partial charge in [-0.25, -0.2) is 14.8 Å². The van der Waals surface area contributed by atoms with Crippen LogP contribution in [0.15, 0.2) is 35.7 Å². The number of nitrogens with one attached hydrogen (secondary N) is 1. The normalized spacial score (nSPS) is 12.6. The summed E-state index contributed by atoms with van der Waals surface area (Å²) < 4.78 is 0. The Labute approximate surface area is 169 Å². The van der Waals surface area contributed by atoms with Gasteiger partial charge in [-0.3, -0.25) is 0 Å². The summed E-state index contributed by atoms with van der Waals surface area (Å²) in [5.41, 5.74) is 2.09. The van der Waals surface area contributed by atoms with Gasteiger partial charge >= 0.3 is 5.97 Å². The van der Waals surface area contributed by atoms with Crippen molar-refractivity contribution in [2.24, 2.45) is 5.92 Å². The lowest BCUT2D eigenvalue weighted by molar-refractivity contribution is -0.138. The zero-order chi connectivity index (χ0) is 20.3. The molecule has 3 aromatic rings. The van der Waals surface area contributed by atoms with E-state index in [9.17, 15) is 9.90 Å². The Morgan fingerprint density at radius 2 is 1.93 bits per heavy atom. The summed E-state index contributed by atoms with van der Waals surface area (Å²) >= 11 is 1.56. The molecule has 0 radical (unpaired) electrons. The largest absolute Gasteiger partial charge is 0.480 e. The molecule has 0 unspecified atom stereocenters. The standard InChI is InChI=1S/C21H26N4O2S/c1-13(2)10-16(21(26)27)22-19-18-15(14-8-6-5-7-9-14)12-28-20(18)24-17(23-19)11-25(3)4/h5-9,12-13,16H,10-11H2,1-4H3,(H,26,27)(H,22,23,24)/t16-/m1/s1. The molecule has 148 valence electrons. The topological polar surface area (TPSA) is 78.4 Å². The molecular weight excluding hydrogens is 372 g/mol. The molecule has 0 aliphatic carbocycles. The van der Waals surface area contributed by atoms with E-state index >= 15 is 0 Å². The van der Waals surface area contributed by atoms with Gasteiger partial charge in [0.15, 0.2) is 0 Å². The van der Waals surface area contributed by atoms with Crippen LogP contribution in [0.25, 0.3) is 21.3 Å². The zero-order valence-electron chi connectivity index (χ0n) is 16.6. The molecule has 1 atom stereocenters. The Morgan fingerprint density at radius 3 is 2.54 bits per heavy atom. The van der Waals surface area contributed by atoms with Gasteiger partial charge in [-0.2, -0.15) is 0 Å². The Kier molecular flexibility index (Phi) is 6.26. The van der Waals surface area contributed by atoms with Gasteiger partial charge in [-0.1, -0.05) is 44.2 Å². The number of fused-ring (bicyclic) bond motifs is 1. The first-order chi connectivity index (χ1) is 13.3. The van der Waals surface area contributed by atoms with Crippen molar-refractivity contribution in [2.45, 2.75) is 32.9 Å². The van der Waals surface area contributed by atoms with Crippen LogP contribution in [0.3, 0.4) is 0 Å². The zero-order valence-corrected chi connectivity index (χ0v) is 17.5. The summed E-state index contributed by atoms with van der Waals surface area (Å²) in [6, 6.07) is 9.35. The highest BCUT2D eigenvalue weighted by atomic mass is 32.1. The lowest BCUT2D eigenvalue weighted by atomic mass is 10.0. The van der Waals surface area contributed by atoms with Crippen molar-refractivity contribution in [2.75, 3.05) is 19.4 Å². The maximum absolute atomic E-state index is 11.8.